The zero-order chi connectivity index (χ0) is 25.7. The number of ether oxygens (including phenoxy) is 1. The summed E-state index contributed by atoms with van der Waals surface area (Å²) < 4.78 is 11.2. The Morgan fingerprint density at radius 1 is 1.11 bits per heavy atom. The van der Waals surface area contributed by atoms with Crippen molar-refractivity contribution in [2.45, 2.75) is 45.2 Å². The van der Waals surface area contributed by atoms with Gasteiger partial charge in [-0.25, -0.2) is 0 Å². The summed E-state index contributed by atoms with van der Waals surface area (Å²) in [5, 5.41) is 33.7. The van der Waals surface area contributed by atoms with Crippen molar-refractivity contribution in [3.05, 3.63) is 59.9 Å². The molecule has 188 valence electrons. The molecule has 8 nitrogen and oxygen atoms in total. The summed E-state index contributed by atoms with van der Waals surface area (Å²) in [4.78, 5) is 14.8. The summed E-state index contributed by atoms with van der Waals surface area (Å²) >= 11 is 0. The number of benzene rings is 2. The van der Waals surface area contributed by atoms with E-state index in [0.717, 1.165) is 29.4 Å². The molecule has 1 aromatic heterocycles. The number of hydrogen-bond donors (Lipinski definition) is 3. The van der Waals surface area contributed by atoms with Crippen molar-refractivity contribution >= 4 is 28.4 Å². The Bertz CT molecular complexity index is 1280. The van der Waals surface area contributed by atoms with E-state index >= 15 is 0 Å². The van der Waals surface area contributed by atoms with Crippen LogP contribution >= 0.6 is 0 Å². The third-order valence-corrected chi connectivity index (χ3v) is 6.36. The predicted molar refractivity (Wildman–Crippen MR) is 138 cm³/mol. The third-order valence-electron chi connectivity index (χ3n) is 6.36. The van der Waals surface area contributed by atoms with Crippen molar-refractivity contribution in [2.75, 3.05) is 24.5 Å². The van der Waals surface area contributed by atoms with Gasteiger partial charge in [0.1, 0.15) is 23.2 Å². The number of anilines is 1. The van der Waals surface area contributed by atoms with Gasteiger partial charge in [0.2, 0.25) is 0 Å². The van der Waals surface area contributed by atoms with Crippen molar-refractivity contribution in [3.8, 4) is 17.4 Å². The van der Waals surface area contributed by atoms with E-state index < -0.39 is 24.4 Å². The Balaban J connectivity index is 1.46. The van der Waals surface area contributed by atoms with E-state index in [9.17, 15) is 20.3 Å². The Labute approximate surface area is 210 Å². The van der Waals surface area contributed by atoms with Crippen LogP contribution in [0.3, 0.4) is 0 Å². The van der Waals surface area contributed by atoms with Gasteiger partial charge in [0.25, 0.3) is 5.91 Å². The number of aliphatic hydroxyl groups excluding tert-OH is 2. The van der Waals surface area contributed by atoms with Crippen molar-refractivity contribution in [1.82, 2.24) is 5.32 Å². The first-order valence-corrected chi connectivity index (χ1v) is 12.2. The minimum atomic E-state index is -1.07. The van der Waals surface area contributed by atoms with Gasteiger partial charge in [-0.2, -0.15) is 5.26 Å². The highest BCUT2D eigenvalue weighted by Gasteiger charge is 2.27. The summed E-state index contributed by atoms with van der Waals surface area (Å²) in [6.07, 6.45) is -0.456. The normalized spacial score (nSPS) is 20.2. The maximum Gasteiger partial charge on any atom is 0.262 e. The lowest BCUT2D eigenvalue weighted by atomic mass is 10.0. The number of aliphatic hydroxyl groups is 2. The summed E-state index contributed by atoms with van der Waals surface area (Å²) in [7, 11) is 0. The molecule has 3 atom stereocenters. The van der Waals surface area contributed by atoms with E-state index in [-0.39, 0.29) is 18.5 Å². The summed E-state index contributed by atoms with van der Waals surface area (Å²) in [5.74, 6) is 0.434. The van der Waals surface area contributed by atoms with Crippen molar-refractivity contribution < 1.29 is 24.2 Å². The van der Waals surface area contributed by atoms with Crippen molar-refractivity contribution in [3.63, 3.8) is 0 Å². The number of carbonyl (C=O) groups excluding carboxylic acids is 1. The number of hydrogen-bond acceptors (Lipinski definition) is 7. The second kappa shape index (κ2) is 11.4. The van der Waals surface area contributed by atoms with Crippen molar-refractivity contribution in [2.24, 2.45) is 0 Å². The van der Waals surface area contributed by atoms with Gasteiger partial charge in [0.15, 0.2) is 6.29 Å². The van der Waals surface area contributed by atoms with Crippen LogP contribution in [0.15, 0.2) is 58.5 Å². The molecule has 0 radical (unpaired) electrons. The molecule has 36 heavy (non-hydrogen) atoms. The summed E-state index contributed by atoms with van der Waals surface area (Å²) in [6.45, 7) is 6.26. The average molecular weight is 490 g/mol. The van der Waals surface area contributed by atoms with Crippen LogP contribution in [0, 0.1) is 11.3 Å². The van der Waals surface area contributed by atoms with E-state index in [1.165, 1.54) is 11.8 Å². The minimum Gasteiger partial charge on any atom is -0.457 e. The second-order valence-corrected chi connectivity index (χ2v) is 8.84. The molecule has 8 heteroatoms. The molecule has 0 aliphatic carbocycles. The molecule has 2 heterocycles. The third kappa shape index (κ3) is 5.94. The molecule has 0 saturated carbocycles. The highest BCUT2D eigenvalue weighted by atomic mass is 16.6. The smallest absolute Gasteiger partial charge is 0.262 e. The van der Waals surface area contributed by atoms with Crippen LogP contribution in [0.25, 0.3) is 28.2 Å². The molecule has 3 N–H and O–H groups in total. The quantitative estimate of drug-likeness (QED) is 0.325. The molecule has 3 aromatic rings. The van der Waals surface area contributed by atoms with E-state index in [1.807, 2.05) is 18.2 Å². The second-order valence-electron chi connectivity index (χ2n) is 8.84. The first-order valence-electron chi connectivity index (χ1n) is 12.2. The van der Waals surface area contributed by atoms with Gasteiger partial charge in [-0.15, -0.1) is 0 Å². The number of carbonyl (C=O) groups is 1. The van der Waals surface area contributed by atoms with Crippen LogP contribution < -0.4 is 10.2 Å². The van der Waals surface area contributed by atoms with Crippen LogP contribution in [0.1, 0.15) is 32.4 Å². The van der Waals surface area contributed by atoms with Crippen LogP contribution in [-0.2, 0) is 9.53 Å². The molecule has 0 bridgehead atoms. The number of nitrogens with zero attached hydrogens (tertiary/aromatic N) is 2. The maximum atomic E-state index is 12.5. The Morgan fingerprint density at radius 2 is 1.86 bits per heavy atom. The lowest BCUT2D eigenvalue weighted by Gasteiger charge is -2.30. The molecule has 1 fully saturated rings. The fourth-order valence-electron chi connectivity index (χ4n) is 4.45. The molecule has 1 amide bonds. The molecule has 4 rings (SSSR count). The largest absolute Gasteiger partial charge is 0.457 e. The highest BCUT2D eigenvalue weighted by Crippen LogP contribution is 2.29. The number of nitrogens with one attached hydrogen (secondary N) is 1. The lowest BCUT2D eigenvalue weighted by Crippen LogP contribution is -2.42. The molecule has 0 spiro atoms. The first kappa shape index (κ1) is 25.5. The van der Waals surface area contributed by atoms with E-state index in [4.69, 9.17) is 9.15 Å². The van der Waals surface area contributed by atoms with Gasteiger partial charge in [-0.05, 0) is 55.0 Å². The fourth-order valence-corrected chi connectivity index (χ4v) is 4.45. The SMILES string of the molecule is CCN(CC)c1ccc2cc(-c3ccc(/C=C(\C#N)C(=O)NCC4CC(O)CC(O)O4)o3)ccc2c1. The zero-order valence-corrected chi connectivity index (χ0v) is 20.5. The molecule has 1 aliphatic rings. The van der Waals surface area contributed by atoms with Gasteiger partial charge >= 0.3 is 0 Å². The summed E-state index contributed by atoms with van der Waals surface area (Å²) in [5.41, 5.74) is 1.97. The van der Waals surface area contributed by atoms with Crippen LogP contribution in [0.2, 0.25) is 0 Å². The fraction of sp³-hybridized carbons (Fsp3) is 0.357. The maximum absolute atomic E-state index is 12.5. The standard InChI is InChI=1S/C28H31N3O5/c1-3-31(4-2)22-8-7-18-11-20(6-5-19(18)12-22)26-10-9-24(35-26)13-21(16-29)28(34)30-17-25-14-23(32)15-27(33)36-25/h5-13,23,25,27,32-33H,3-4,14-15,17H2,1-2H3,(H,30,34)/b21-13+. The zero-order valence-electron chi connectivity index (χ0n) is 20.5. The number of rotatable bonds is 8. The van der Waals surface area contributed by atoms with Crippen molar-refractivity contribution in [1.29, 1.82) is 5.26 Å². The Kier molecular flexibility index (Phi) is 8.06. The van der Waals surface area contributed by atoms with E-state index in [2.05, 4.69) is 54.4 Å². The Hall–Kier alpha value is -3.64. The average Bonchev–Trinajstić information content (AvgIpc) is 3.34. The molecule has 3 unspecified atom stereocenters. The Morgan fingerprint density at radius 3 is 2.58 bits per heavy atom. The number of nitriles is 1. The predicted octanol–water partition coefficient (Wildman–Crippen LogP) is 3.83. The number of fused-ring (bicyclic) bond motifs is 1. The van der Waals surface area contributed by atoms with Gasteiger partial charge in [-0.1, -0.05) is 18.2 Å². The first-order chi connectivity index (χ1) is 17.4. The van der Waals surface area contributed by atoms with Gasteiger partial charge in [0, 0.05) is 49.8 Å². The number of furan rings is 1. The molecule has 2 aromatic carbocycles. The monoisotopic (exact) mass is 489 g/mol. The van der Waals surface area contributed by atoms with Crippen LogP contribution in [0.5, 0.6) is 0 Å². The van der Waals surface area contributed by atoms with Gasteiger partial charge < -0.3 is 29.6 Å². The van der Waals surface area contributed by atoms with Gasteiger partial charge in [-0.3, -0.25) is 4.79 Å². The topological polar surface area (TPSA) is 119 Å². The van der Waals surface area contributed by atoms with Gasteiger partial charge in [0.05, 0.1) is 12.2 Å². The molecule has 1 aliphatic heterocycles. The minimum absolute atomic E-state index is 0.0719. The highest BCUT2D eigenvalue weighted by molar-refractivity contribution is 6.01. The van der Waals surface area contributed by atoms with Crippen LogP contribution in [-0.4, -0.2) is 54.3 Å². The van der Waals surface area contributed by atoms with E-state index in [0.29, 0.717) is 17.9 Å². The lowest BCUT2D eigenvalue weighted by molar-refractivity contribution is -0.187. The molecular formula is C28H31N3O5. The van der Waals surface area contributed by atoms with E-state index in [1.54, 1.807) is 6.07 Å². The number of amides is 1. The van der Waals surface area contributed by atoms with Crippen LogP contribution in [0.4, 0.5) is 5.69 Å². The molecular weight excluding hydrogens is 458 g/mol. The summed E-state index contributed by atoms with van der Waals surface area (Å²) in [6, 6.07) is 17.9. The molecule has 1 saturated heterocycles.